The number of aryl methyl sites for hydroxylation is 2. The Morgan fingerprint density at radius 1 is 1.17 bits per heavy atom. The van der Waals surface area contributed by atoms with Crippen molar-refractivity contribution in [3.63, 3.8) is 0 Å². The Balaban J connectivity index is 1.54. The van der Waals surface area contributed by atoms with Gasteiger partial charge in [-0.1, -0.05) is 12.1 Å². The number of halogens is 1. The van der Waals surface area contributed by atoms with Gasteiger partial charge in [-0.2, -0.15) is 0 Å². The number of nitrogens with zero attached hydrogens (tertiary/aromatic N) is 3. The molecule has 0 atom stereocenters. The highest BCUT2D eigenvalue weighted by molar-refractivity contribution is 7.17. The number of aromatic nitrogens is 3. The summed E-state index contributed by atoms with van der Waals surface area (Å²) in [5.41, 5.74) is 3.96. The van der Waals surface area contributed by atoms with E-state index in [9.17, 15) is 14.0 Å². The molecule has 7 heteroatoms. The van der Waals surface area contributed by atoms with Crippen LogP contribution in [-0.2, 0) is 19.5 Å². The van der Waals surface area contributed by atoms with Gasteiger partial charge in [-0.05, 0) is 55.5 Å². The number of hydrogen-bond acceptors (Lipinski definition) is 4. The van der Waals surface area contributed by atoms with Crippen LogP contribution in [0.25, 0.3) is 10.2 Å². The topological polar surface area (TPSA) is 56.9 Å². The molecule has 4 aromatic rings. The van der Waals surface area contributed by atoms with Gasteiger partial charge in [0.2, 0.25) is 0 Å². The molecule has 0 aliphatic rings. The Bertz CT molecular complexity index is 1250. The van der Waals surface area contributed by atoms with Crippen LogP contribution in [0.1, 0.15) is 27.3 Å². The van der Waals surface area contributed by atoms with Gasteiger partial charge < -0.3 is 4.57 Å². The Hall–Kier alpha value is -3.06. The van der Waals surface area contributed by atoms with Gasteiger partial charge in [-0.3, -0.25) is 14.2 Å². The fraction of sp³-hybridized carbons (Fsp3) is 0.227. The minimum atomic E-state index is -0.250. The van der Waals surface area contributed by atoms with Crippen LogP contribution in [0.15, 0.2) is 52.9 Å². The fourth-order valence-corrected chi connectivity index (χ4v) is 4.34. The lowest BCUT2D eigenvalue weighted by Crippen LogP contribution is -2.24. The van der Waals surface area contributed by atoms with Crippen molar-refractivity contribution in [1.82, 2.24) is 14.1 Å². The zero-order valence-corrected chi connectivity index (χ0v) is 17.0. The van der Waals surface area contributed by atoms with Gasteiger partial charge in [0.05, 0.1) is 18.4 Å². The predicted molar refractivity (Wildman–Crippen MR) is 112 cm³/mol. The van der Waals surface area contributed by atoms with Crippen molar-refractivity contribution in [2.75, 3.05) is 0 Å². The maximum atomic E-state index is 13.1. The SMILES string of the molecule is Cc1cc(C(=O)Cn2cnc3ccsc3c2=O)c(C)n1CCc1ccc(F)cc1. The molecular formula is C22H20FN3O2S. The molecule has 0 fully saturated rings. The van der Waals surface area contributed by atoms with Crippen molar-refractivity contribution in [3.8, 4) is 0 Å². The molecule has 0 radical (unpaired) electrons. The predicted octanol–water partition coefficient (Wildman–Crippen LogP) is 4.14. The summed E-state index contributed by atoms with van der Waals surface area (Å²) in [6.45, 7) is 4.52. The van der Waals surface area contributed by atoms with Crippen LogP contribution in [0.5, 0.6) is 0 Å². The van der Waals surface area contributed by atoms with Gasteiger partial charge in [-0.15, -0.1) is 11.3 Å². The van der Waals surface area contributed by atoms with Crippen LogP contribution in [0, 0.1) is 19.7 Å². The lowest BCUT2D eigenvalue weighted by molar-refractivity contribution is 0.0970. The van der Waals surface area contributed by atoms with Crippen molar-refractivity contribution < 1.29 is 9.18 Å². The second-order valence-corrected chi connectivity index (χ2v) is 7.96. The summed E-state index contributed by atoms with van der Waals surface area (Å²) in [4.78, 5) is 29.7. The Morgan fingerprint density at radius 3 is 2.69 bits per heavy atom. The Kier molecular flexibility index (Phi) is 5.15. The third kappa shape index (κ3) is 3.78. The molecule has 3 heterocycles. The molecule has 0 N–H and O–H groups in total. The lowest BCUT2D eigenvalue weighted by atomic mass is 10.1. The molecule has 0 unspecified atom stereocenters. The summed E-state index contributed by atoms with van der Waals surface area (Å²) < 4.78 is 17.1. The van der Waals surface area contributed by atoms with E-state index in [2.05, 4.69) is 9.55 Å². The molecule has 0 bridgehead atoms. The van der Waals surface area contributed by atoms with E-state index in [1.54, 1.807) is 18.2 Å². The summed E-state index contributed by atoms with van der Waals surface area (Å²) in [6, 6.07) is 10.1. The second kappa shape index (κ2) is 7.75. The van der Waals surface area contributed by atoms with E-state index in [1.807, 2.05) is 25.3 Å². The smallest absolute Gasteiger partial charge is 0.271 e. The van der Waals surface area contributed by atoms with Crippen LogP contribution in [-0.4, -0.2) is 19.9 Å². The van der Waals surface area contributed by atoms with Crippen LogP contribution >= 0.6 is 11.3 Å². The minimum Gasteiger partial charge on any atom is -0.348 e. The number of fused-ring (bicyclic) bond motifs is 1. The number of rotatable bonds is 6. The Morgan fingerprint density at radius 2 is 1.93 bits per heavy atom. The van der Waals surface area contributed by atoms with Crippen molar-refractivity contribution >= 4 is 27.3 Å². The maximum Gasteiger partial charge on any atom is 0.271 e. The minimum absolute atomic E-state index is 0.0398. The molecule has 5 nitrogen and oxygen atoms in total. The number of Topliss-reactive ketones (excluding diaryl/α,β-unsaturated/α-hetero) is 1. The molecule has 0 aliphatic heterocycles. The molecular weight excluding hydrogens is 389 g/mol. The summed E-state index contributed by atoms with van der Waals surface area (Å²) in [6.07, 6.45) is 2.17. The van der Waals surface area contributed by atoms with Crippen LogP contribution in [0.4, 0.5) is 4.39 Å². The van der Waals surface area contributed by atoms with E-state index in [4.69, 9.17) is 0 Å². The number of thiophene rings is 1. The molecule has 0 aliphatic carbocycles. The van der Waals surface area contributed by atoms with Gasteiger partial charge in [-0.25, -0.2) is 9.37 Å². The van der Waals surface area contributed by atoms with Crippen molar-refractivity contribution in [2.24, 2.45) is 0 Å². The van der Waals surface area contributed by atoms with Gasteiger partial charge >= 0.3 is 0 Å². The largest absolute Gasteiger partial charge is 0.348 e. The van der Waals surface area contributed by atoms with Gasteiger partial charge in [0.15, 0.2) is 5.78 Å². The van der Waals surface area contributed by atoms with E-state index in [0.29, 0.717) is 22.3 Å². The monoisotopic (exact) mass is 409 g/mol. The molecule has 0 spiro atoms. The highest BCUT2D eigenvalue weighted by atomic mass is 32.1. The zero-order chi connectivity index (χ0) is 20.5. The third-order valence-electron chi connectivity index (χ3n) is 5.16. The molecule has 148 valence electrons. The Labute approximate surface area is 171 Å². The van der Waals surface area contributed by atoms with Gasteiger partial charge in [0, 0.05) is 23.5 Å². The summed E-state index contributed by atoms with van der Waals surface area (Å²) in [7, 11) is 0. The number of carbonyl (C=O) groups excluding carboxylic acids is 1. The van der Waals surface area contributed by atoms with Crippen molar-refractivity contribution in [1.29, 1.82) is 0 Å². The summed E-state index contributed by atoms with van der Waals surface area (Å²) >= 11 is 1.33. The molecule has 0 amide bonds. The first kappa shape index (κ1) is 19.3. The number of carbonyl (C=O) groups is 1. The van der Waals surface area contributed by atoms with E-state index in [0.717, 1.165) is 23.4 Å². The maximum absolute atomic E-state index is 13.1. The summed E-state index contributed by atoms with van der Waals surface area (Å²) in [5, 5.41) is 1.82. The highest BCUT2D eigenvalue weighted by Crippen LogP contribution is 2.18. The molecule has 1 aromatic carbocycles. The van der Waals surface area contributed by atoms with E-state index < -0.39 is 0 Å². The average Bonchev–Trinajstić information content (AvgIpc) is 3.29. The lowest BCUT2D eigenvalue weighted by Gasteiger charge is -2.10. The average molecular weight is 409 g/mol. The van der Waals surface area contributed by atoms with Gasteiger partial charge in [0.25, 0.3) is 5.56 Å². The molecule has 3 aromatic heterocycles. The third-order valence-corrected chi connectivity index (χ3v) is 6.05. The zero-order valence-electron chi connectivity index (χ0n) is 16.2. The van der Waals surface area contributed by atoms with Crippen molar-refractivity contribution in [3.05, 3.63) is 86.8 Å². The standard InChI is InChI=1S/C22H20FN3O2S/c1-14-11-18(15(2)26(14)9-7-16-3-5-17(23)6-4-16)20(27)12-25-13-24-19-8-10-29-21(19)22(25)28/h3-6,8,10-11,13H,7,9,12H2,1-2H3. The molecule has 0 saturated heterocycles. The number of ketones is 1. The molecule has 0 saturated carbocycles. The van der Waals surface area contributed by atoms with Crippen LogP contribution in [0.2, 0.25) is 0 Å². The second-order valence-electron chi connectivity index (χ2n) is 7.05. The van der Waals surface area contributed by atoms with E-state index in [1.165, 1.54) is 34.4 Å². The highest BCUT2D eigenvalue weighted by Gasteiger charge is 2.17. The molecule has 29 heavy (non-hydrogen) atoms. The normalized spacial score (nSPS) is 11.3. The molecule has 4 rings (SSSR count). The van der Waals surface area contributed by atoms with E-state index in [-0.39, 0.29) is 23.7 Å². The number of hydrogen-bond donors (Lipinski definition) is 0. The summed E-state index contributed by atoms with van der Waals surface area (Å²) in [5.74, 6) is -0.369. The van der Waals surface area contributed by atoms with Gasteiger partial charge in [0.1, 0.15) is 10.5 Å². The fourth-order valence-electron chi connectivity index (χ4n) is 3.55. The number of benzene rings is 1. The van der Waals surface area contributed by atoms with Crippen molar-refractivity contribution in [2.45, 2.75) is 33.4 Å². The first-order chi connectivity index (χ1) is 13.9. The van der Waals surface area contributed by atoms with Crippen LogP contribution < -0.4 is 5.56 Å². The first-order valence-corrected chi connectivity index (χ1v) is 10.2. The van der Waals surface area contributed by atoms with Crippen LogP contribution in [0.3, 0.4) is 0 Å². The van der Waals surface area contributed by atoms with E-state index >= 15 is 0 Å². The quantitative estimate of drug-likeness (QED) is 0.450. The first-order valence-electron chi connectivity index (χ1n) is 9.31.